The number of ether oxygens (including phenoxy) is 2. The molecule has 2 aliphatic carbocycles. The summed E-state index contributed by atoms with van der Waals surface area (Å²) in [7, 11) is -7.36. The largest absolute Gasteiger partial charge is 0.522 e. The average molecular weight is 1260 g/mol. The summed E-state index contributed by atoms with van der Waals surface area (Å²) in [5.74, 6) is 2.56. The molecule has 474 valence electrons. The Morgan fingerprint density at radius 1 is 0.639 bits per heavy atom. The maximum absolute atomic E-state index is 12.1. The minimum Gasteiger partial charge on any atom is -0.469 e. The fourth-order valence-corrected chi connectivity index (χ4v) is 18.3. The van der Waals surface area contributed by atoms with Crippen molar-refractivity contribution < 1.29 is 64.3 Å². The topological polar surface area (TPSA) is 166 Å². The van der Waals surface area contributed by atoms with E-state index in [-0.39, 0.29) is 36.2 Å². The molecular weight excluding hydrogens is 1150 g/mol. The van der Waals surface area contributed by atoms with Gasteiger partial charge < -0.3 is 33.1 Å². The van der Waals surface area contributed by atoms with Crippen molar-refractivity contribution in [1.29, 1.82) is 0 Å². The van der Waals surface area contributed by atoms with E-state index in [4.69, 9.17) is 9.16 Å². The Balaban J connectivity index is 0.000000352. The molecule has 2 heterocycles. The Morgan fingerprint density at radius 2 is 1.07 bits per heavy atom. The standard InChI is InChI=1S/C32H52O3SSi.C24H34O5S.C7H15F3O3SSi.CH4/c1-23(30-22-25-15-13-14-17-29(25)36-30)19-20-26-24(2)21-28(35-37(7,8)32(3,4)5)27(26)16-11-9-10-12-18-31(33)34-6;1-29-24(28)11-5-3-2-4-9-17-18(21(27)15-20(17)26)12-13-19(25)23-14-16-8-6-7-10-22(16)30-23;1-6(2,3)15(4,5)13-14(11,12)7(8,9)10;/h13-15,17,22-24,26-28H,9-12,16,18-21H2,1-8H3;6-8,10,14,17-21,25-27H,2-5,9,11-13,15H2,1H3;1-5H3;1H4/t23-,24-,26+,27-,28+;17-,18-,19-,20+,21-;;/m11../s1. The van der Waals surface area contributed by atoms with Crippen molar-refractivity contribution in [2.45, 2.75) is 250 Å². The third kappa shape index (κ3) is 22.4. The van der Waals surface area contributed by atoms with E-state index < -0.39 is 55.6 Å². The Labute approximate surface area is 507 Å². The van der Waals surface area contributed by atoms with E-state index in [1.54, 1.807) is 32.1 Å². The highest BCUT2D eigenvalue weighted by Gasteiger charge is 2.53. The van der Waals surface area contributed by atoms with Crippen molar-refractivity contribution in [3.8, 4) is 0 Å². The van der Waals surface area contributed by atoms with Crippen LogP contribution in [-0.4, -0.2) is 90.4 Å². The van der Waals surface area contributed by atoms with Crippen molar-refractivity contribution in [3.63, 3.8) is 0 Å². The van der Waals surface area contributed by atoms with Crippen LogP contribution in [0.25, 0.3) is 20.2 Å². The van der Waals surface area contributed by atoms with Crippen molar-refractivity contribution in [2.24, 2.45) is 29.6 Å². The number of carbonyl (C=O) groups excluding carboxylic acids is 2. The molecule has 2 fully saturated rings. The maximum atomic E-state index is 12.1. The Bertz CT molecular complexity index is 2610. The van der Waals surface area contributed by atoms with Gasteiger partial charge in [0.25, 0.3) is 0 Å². The summed E-state index contributed by atoms with van der Waals surface area (Å²) in [5, 5.41) is 33.8. The van der Waals surface area contributed by atoms with E-state index in [0.717, 1.165) is 61.1 Å². The molecule has 0 spiro atoms. The van der Waals surface area contributed by atoms with Crippen LogP contribution in [-0.2, 0) is 37.5 Å². The summed E-state index contributed by atoms with van der Waals surface area (Å²) < 4.78 is 81.3. The fraction of sp³-hybridized carbons (Fsp3) is 0.719. The summed E-state index contributed by atoms with van der Waals surface area (Å²) in [6, 6.07) is 21.4. The number of halogens is 3. The summed E-state index contributed by atoms with van der Waals surface area (Å²) in [4.78, 5) is 25.1. The number of benzene rings is 2. The van der Waals surface area contributed by atoms with Gasteiger partial charge in [-0.3, -0.25) is 9.59 Å². The lowest BCUT2D eigenvalue weighted by atomic mass is 9.81. The second kappa shape index (κ2) is 33.0. The lowest BCUT2D eigenvalue weighted by Gasteiger charge is -2.40. The van der Waals surface area contributed by atoms with Crippen LogP contribution < -0.4 is 0 Å². The first-order valence-corrected chi connectivity index (χ1v) is 38.8. The van der Waals surface area contributed by atoms with Gasteiger partial charge in [0.1, 0.15) is 0 Å². The molecule has 4 aromatic rings. The fourth-order valence-electron chi connectivity index (χ4n) is 11.1. The number of alkyl halides is 3. The smallest absolute Gasteiger partial charge is 0.469 e. The van der Waals surface area contributed by atoms with Gasteiger partial charge in [0.2, 0.25) is 8.32 Å². The van der Waals surface area contributed by atoms with Crippen LogP contribution >= 0.6 is 22.7 Å². The third-order valence-electron chi connectivity index (χ3n) is 18.2. The molecule has 0 unspecified atom stereocenters. The normalized spacial score (nSPS) is 22.3. The number of hydrogen-bond donors (Lipinski definition) is 3. The molecule has 2 saturated carbocycles. The number of unbranched alkanes of at least 4 members (excludes halogenated alkanes) is 6. The molecular formula is C64H105F3O11S3Si2. The van der Waals surface area contributed by atoms with Crippen molar-refractivity contribution in [2.75, 3.05) is 14.2 Å². The molecule has 0 amide bonds. The number of esters is 2. The van der Waals surface area contributed by atoms with E-state index in [1.807, 2.05) is 23.5 Å². The summed E-state index contributed by atoms with van der Waals surface area (Å²) >= 11 is 3.59. The monoisotopic (exact) mass is 1260 g/mol. The SMILES string of the molecule is C.CC(C)(C)[Si](C)(C)OS(=O)(=O)C(F)(F)F.COC(=O)CCCCCC[C@@H]1[C@@H](CC[C@@H](C)c2cc3ccccc3s2)[C@H](C)C[C@@H]1O[Si](C)(C)C(C)(C)C.COC(=O)CCCCCC[C@@H]1[C@@H](CC[C@@H](O)c2cc3ccccc3s2)[C@H](O)C[C@@H]1O. The second-order valence-electron chi connectivity index (χ2n) is 26.4. The minimum absolute atomic E-state index is 0. The molecule has 0 bridgehead atoms. The highest BCUT2D eigenvalue weighted by Crippen LogP contribution is 2.49. The molecule has 6 rings (SSSR count). The van der Waals surface area contributed by atoms with E-state index in [0.29, 0.717) is 56.0 Å². The van der Waals surface area contributed by atoms with Crippen molar-refractivity contribution in [1.82, 2.24) is 0 Å². The number of methoxy groups -OCH3 is 2. The number of aliphatic hydroxyl groups is 3. The number of fused-ring (bicyclic) bond motifs is 2. The zero-order chi connectivity index (χ0) is 61.4. The molecule has 2 aliphatic rings. The molecule has 0 aliphatic heterocycles. The number of carbonyl (C=O) groups is 2. The molecule has 83 heavy (non-hydrogen) atoms. The zero-order valence-electron chi connectivity index (χ0n) is 51.7. The first-order valence-electron chi connectivity index (χ1n) is 30.0. The molecule has 2 aromatic heterocycles. The van der Waals surface area contributed by atoms with Gasteiger partial charge in [-0.25, -0.2) is 0 Å². The predicted molar refractivity (Wildman–Crippen MR) is 341 cm³/mol. The molecule has 2 aromatic carbocycles. The van der Waals surface area contributed by atoms with Crippen LogP contribution in [0, 0.1) is 29.6 Å². The van der Waals surface area contributed by atoms with E-state index in [2.05, 4.69) is 105 Å². The molecule has 0 radical (unpaired) electrons. The van der Waals surface area contributed by atoms with Crippen LogP contribution in [0.4, 0.5) is 13.2 Å². The van der Waals surface area contributed by atoms with Gasteiger partial charge in [-0.15, -0.1) is 22.7 Å². The zero-order valence-corrected chi connectivity index (χ0v) is 56.2. The minimum atomic E-state index is -5.48. The van der Waals surface area contributed by atoms with Gasteiger partial charge in [0.15, 0.2) is 8.32 Å². The maximum Gasteiger partial charge on any atom is 0.522 e. The number of rotatable bonds is 26. The van der Waals surface area contributed by atoms with Crippen LogP contribution in [0.15, 0.2) is 60.7 Å². The first kappa shape index (κ1) is 74.5. The van der Waals surface area contributed by atoms with E-state index in [1.165, 1.54) is 85.5 Å². The molecule has 10 atom stereocenters. The highest BCUT2D eigenvalue weighted by atomic mass is 32.2. The van der Waals surface area contributed by atoms with Gasteiger partial charge in [-0.2, -0.15) is 21.6 Å². The summed E-state index contributed by atoms with van der Waals surface area (Å²) in [6.45, 7) is 24.7. The molecule has 0 saturated heterocycles. The van der Waals surface area contributed by atoms with Crippen LogP contribution in [0.5, 0.6) is 0 Å². The molecule has 3 N–H and O–H groups in total. The van der Waals surface area contributed by atoms with Gasteiger partial charge >= 0.3 is 27.6 Å². The number of hydrogen-bond acceptors (Lipinski definition) is 13. The number of thiophene rings is 2. The van der Waals surface area contributed by atoms with E-state index in [9.17, 15) is 46.5 Å². The molecule has 19 heteroatoms. The quantitative estimate of drug-likeness (QED) is 0.0237. The molecule has 11 nitrogen and oxygen atoms in total. The Morgan fingerprint density at radius 3 is 1.54 bits per heavy atom. The van der Waals surface area contributed by atoms with Crippen molar-refractivity contribution >= 4 is 81.5 Å². The van der Waals surface area contributed by atoms with Gasteiger partial charge in [0.05, 0.1) is 32.5 Å². The van der Waals surface area contributed by atoms with E-state index >= 15 is 0 Å². The predicted octanol–water partition coefficient (Wildman–Crippen LogP) is 18.0. The van der Waals surface area contributed by atoms with Gasteiger partial charge in [-0.1, -0.05) is 138 Å². The van der Waals surface area contributed by atoms with Crippen molar-refractivity contribution in [3.05, 3.63) is 70.4 Å². The third-order valence-corrected chi connectivity index (χ3v) is 32.0. The summed E-state index contributed by atoms with van der Waals surface area (Å²) in [5.41, 5.74) is -5.34. The lowest BCUT2D eigenvalue weighted by Crippen LogP contribution is -2.45. The van der Waals surface area contributed by atoms with Crippen LogP contribution in [0.1, 0.15) is 200 Å². The van der Waals surface area contributed by atoms with Crippen LogP contribution in [0.2, 0.25) is 36.3 Å². The summed E-state index contributed by atoms with van der Waals surface area (Å²) in [6.07, 6.45) is 15.8. The second-order valence-corrected chi connectivity index (χ2v) is 39.9. The first-order chi connectivity index (χ1) is 38.1. The Kier molecular flexibility index (Phi) is 29.7. The lowest BCUT2D eigenvalue weighted by molar-refractivity contribution is -0.141. The average Bonchev–Trinajstić information content (AvgIpc) is 4.38. The Hall–Kier alpha value is -2.73. The van der Waals surface area contributed by atoms with Gasteiger partial charge in [0, 0.05) is 38.1 Å². The van der Waals surface area contributed by atoms with Crippen LogP contribution in [0.3, 0.4) is 0 Å². The van der Waals surface area contributed by atoms with Gasteiger partial charge in [-0.05, 0) is 171 Å². The highest BCUT2D eigenvalue weighted by molar-refractivity contribution is 7.88. The number of aliphatic hydroxyl groups excluding tert-OH is 3.